The first-order valence-electron chi connectivity index (χ1n) is 8.01. The van der Waals surface area contributed by atoms with Crippen LogP contribution in [0.4, 0.5) is 5.69 Å². The van der Waals surface area contributed by atoms with E-state index in [4.69, 9.17) is 27.9 Å². The first kappa shape index (κ1) is 19.3. The van der Waals surface area contributed by atoms with Gasteiger partial charge in [0, 0.05) is 5.69 Å². The Morgan fingerprint density at radius 1 is 1.04 bits per heavy atom. The minimum atomic E-state index is -0.735. The fraction of sp³-hybridized carbons (Fsp3) is 0.263. The van der Waals surface area contributed by atoms with E-state index in [0.29, 0.717) is 5.69 Å². The molecule has 0 atom stereocenters. The molecule has 0 aliphatic carbocycles. The molecule has 0 aromatic heterocycles. The van der Waals surface area contributed by atoms with Gasteiger partial charge in [-0.05, 0) is 42.7 Å². The van der Waals surface area contributed by atoms with Gasteiger partial charge in [-0.1, -0.05) is 54.7 Å². The zero-order valence-electron chi connectivity index (χ0n) is 13.9. The average Bonchev–Trinajstić information content (AvgIpc) is 2.59. The molecule has 0 bridgehead atoms. The summed E-state index contributed by atoms with van der Waals surface area (Å²) in [5, 5.41) is 3.04. The molecule has 0 radical (unpaired) electrons. The van der Waals surface area contributed by atoms with Crippen LogP contribution in [-0.4, -0.2) is 18.5 Å². The van der Waals surface area contributed by atoms with Crippen molar-refractivity contribution in [2.45, 2.75) is 26.2 Å². The lowest BCUT2D eigenvalue weighted by atomic mass is 10.1. The highest BCUT2D eigenvalue weighted by atomic mass is 35.5. The third-order valence-corrected chi connectivity index (χ3v) is 4.19. The standard InChI is InChI=1S/C19H19Cl2NO3/c1-2-3-5-13-8-10-14(11-9-13)22-17(23)12-25-19(24)18-15(20)6-4-7-16(18)21/h4,6-11H,2-3,5,12H2,1H3,(H,22,23). The third-order valence-electron chi connectivity index (χ3n) is 3.56. The Kier molecular flexibility index (Phi) is 7.29. The van der Waals surface area contributed by atoms with Crippen LogP contribution < -0.4 is 5.32 Å². The Morgan fingerprint density at radius 2 is 1.68 bits per heavy atom. The Labute approximate surface area is 157 Å². The van der Waals surface area contributed by atoms with Crippen LogP contribution in [-0.2, 0) is 16.0 Å². The Hall–Kier alpha value is -2.04. The molecule has 4 nitrogen and oxygen atoms in total. The summed E-state index contributed by atoms with van der Waals surface area (Å²) in [6.07, 6.45) is 3.28. The number of esters is 1. The third kappa shape index (κ3) is 5.76. The van der Waals surface area contributed by atoms with Gasteiger partial charge in [0.25, 0.3) is 5.91 Å². The minimum absolute atomic E-state index is 0.0545. The summed E-state index contributed by atoms with van der Waals surface area (Å²) in [7, 11) is 0. The predicted molar refractivity (Wildman–Crippen MR) is 100 cm³/mol. The van der Waals surface area contributed by atoms with E-state index in [1.54, 1.807) is 6.07 Å². The second-order valence-electron chi connectivity index (χ2n) is 5.52. The molecular formula is C19H19Cl2NO3. The first-order valence-corrected chi connectivity index (χ1v) is 8.76. The van der Waals surface area contributed by atoms with E-state index >= 15 is 0 Å². The molecule has 2 rings (SSSR count). The smallest absolute Gasteiger partial charge is 0.341 e. The van der Waals surface area contributed by atoms with Gasteiger partial charge in [-0.15, -0.1) is 0 Å². The second kappa shape index (κ2) is 9.44. The maximum absolute atomic E-state index is 12.0. The monoisotopic (exact) mass is 379 g/mol. The molecule has 2 aromatic rings. The summed E-state index contributed by atoms with van der Waals surface area (Å²) < 4.78 is 4.98. The maximum atomic E-state index is 12.0. The van der Waals surface area contributed by atoms with Crippen molar-refractivity contribution in [3.63, 3.8) is 0 Å². The zero-order valence-corrected chi connectivity index (χ0v) is 15.4. The number of rotatable bonds is 7. The molecule has 0 aliphatic rings. The van der Waals surface area contributed by atoms with Crippen molar-refractivity contribution >= 4 is 40.8 Å². The number of nitrogens with one attached hydrogen (secondary N) is 1. The summed E-state index contributed by atoms with van der Waals surface area (Å²) in [4.78, 5) is 23.9. The molecule has 0 fully saturated rings. The van der Waals surface area contributed by atoms with E-state index in [-0.39, 0.29) is 15.6 Å². The molecule has 0 saturated heterocycles. The number of carbonyl (C=O) groups excluding carboxylic acids is 2. The topological polar surface area (TPSA) is 55.4 Å². The summed E-state index contributed by atoms with van der Waals surface area (Å²) in [6, 6.07) is 12.3. The van der Waals surface area contributed by atoms with Crippen molar-refractivity contribution in [2.75, 3.05) is 11.9 Å². The van der Waals surface area contributed by atoms with Crippen LogP contribution in [0.25, 0.3) is 0 Å². The van der Waals surface area contributed by atoms with E-state index in [0.717, 1.165) is 19.3 Å². The maximum Gasteiger partial charge on any atom is 0.341 e. The molecule has 132 valence electrons. The van der Waals surface area contributed by atoms with E-state index in [2.05, 4.69) is 12.2 Å². The van der Waals surface area contributed by atoms with Gasteiger partial charge in [-0.3, -0.25) is 4.79 Å². The Morgan fingerprint density at radius 3 is 2.28 bits per heavy atom. The fourth-order valence-corrected chi connectivity index (χ4v) is 2.78. The molecular weight excluding hydrogens is 361 g/mol. The van der Waals surface area contributed by atoms with Gasteiger partial charge in [-0.2, -0.15) is 0 Å². The lowest BCUT2D eigenvalue weighted by Crippen LogP contribution is -2.21. The number of unbranched alkanes of at least 4 members (excludes halogenated alkanes) is 1. The summed E-state index contributed by atoms with van der Waals surface area (Å²) >= 11 is 11.9. The van der Waals surface area contributed by atoms with Crippen LogP contribution in [0.5, 0.6) is 0 Å². The van der Waals surface area contributed by atoms with Gasteiger partial charge in [0.15, 0.2) is 6.61 Å². The molecule has 1 N–H and O–H groups in total. The van der Waals surface area contributed by atoms with Crippen molar-refractivity contribution in [2.24, 2.45) is 0 Å². The van der Waals surface area contributed by atoms with E-state index in [1.807, 2.05) is 24.3 Å². The Bertz CT molecular complexity index is 725. The Balaban J connectivity index is 1.87. The van der Waals surface area contributed by atoms with Gasteiger partial charge in [0.05, 0.1) is 15.6 Å². The van der Waals surface area contributed by atoms with Gasteiger partial charge >= 0.3 is 5.97 Å². The molecule has 2 aromatic carbocycles. The molecule has 1 amide bonds. The quantitative estimate of drug-likeness (QED) is 0.678. The fourth-order valence-electron chi connectivity index (χ4n) is 2.23. The van der Waals surface area contributed by atoms with Crippen molar-refractivity contribution < 1.29 is 14.3 Å². The highest BCUT2D eigenvalue weighted by molar-refractivity contribution is 6.39. The van der Waals surface area contributed by atoms with Gasteiger partial charge < -0.3 is 10.1 Å². The highest BCUT2D eigenvalue weighted by Crippen LogP contribution is 2.24. The van der Waals surface area contributed by atoms with E-state index < -0.39 is 18.5 Å². The van der Waals surface area contributed by atoms with Gasteiger partial charge in [-0.25, -0.2) is 4.79 Å². The van der Waals surface area contributed by atoms with Crippen LogP contribution in [0.15, 0.2) is 42.5 Å². The lowest BCUT2D eigenvalue weighted by Gasteiger charge is -2.09. The molecule has 25 heavy (non-hydrogen) atoms. The zero-order chi connectivity index (χ0) is 18.2. The van der Waals surface area contributed by atoms with E-state index in [9.17, 15) is 9.59 Å². The molecule has 0 aliphatic heterocycles. The van der Waals surface area contributed by atoms with Crippen molar-refractivity contribution in [3.8, 4) is 0 Å². The molecule has 0 saturated carbocycles. The van der Waals surface area contributed by atoms with Gasteiger partial charge in [0.2, 0.25) is 0 Å². The first-order chi connectivity index (χ1) is 12.0. The number of anilines is 1. The number of halogens is 2. The average molecular weight is 380 g/mol. The van der Waals surface area contributed by atoms with Crippen LogP contribution in [0.2, 0.25) is 10.0 Å². The SMILES string of the molecule is CCCCc1ccc(NC(=O)COC(=O)c2c(Cl)cccc2Cl)cc1. The molecule has 0 heterocycles. The van der Waals surface area contributed by atoms with Crippen LogP contribution >= 0.6 is 23.2 Å². The number of ether oxygens (including phenoxy) is 1. The largest absolute Gasteiger partial charge is 0.452 e. The van der Waals surface area contributed by atoms with Crippen LogP contribution in [0.3, 0.4) is 0 Å². The lowest BCUT2D eigenvalue weighted by molar-refractivity contribution is -0.119. The number of hydrogen-bond donors (Lipinski definition) is 1. The summed E-state index contributed by atoms with van der Waals surface area (Å²) in [5.74, 6) is -1.17. The van der Waals surface area contributed by atoms with Crippen LogP contribution in [0.1, 0.15) is 35.7 Å². The number of aryl methyl sites for hydroxylation is 1. The molecule has 0 unspecified atom stereocenters. The van der Waals surface area contributed by atoms with Crippen molar-refractivity contribution in [1.82, 2.24) is 0 Å². The predicted octanol–water partition coefficient (Wildman–Crippen LogP) is 5.13. The number of benzene rings is 2. The molecule has 0 spiro atoms. The van der Waals surface area contributed by atoms with Crippen molar-refractivity contribution in [3.05, 3.63) is 63.6 Å². The summed E-state index contributed by atoms with van der Waals surface area (Å²) in [6.45, 7) is 1.73. The van der Waals surface area contributed by atoms with Crippen molar-refractivity contribution in [1.29, 1.82) is 0 Å². The highest BCUT2D eigenvalue weighted by Gasteiger charge is 2.17. The minimum Gasteiger partial charge on any atom is -0.452 e. The molecule has 6 heteroatoms. The van der Waals surface area contributed by atoms with Crippen LogP contribution in [0, 0.1) is 0 Å². The van der Waals surface area contributed by atoms with E-state index in [1.165, 1.54) is 17.7 Å². The van der Waals surface area contributed by atoms with Gasteiger partial charge in [0.1, 0.15) is 0 Å². The normalized spacial score (nSPS) is 10.4. The number of amides is 1. The summed E-state index contributed by atoms with van der Waals surface area (Å²) in [5.41, 5.74) is 1.93. The number of carbonyl (C=O) groups is 2. The number of hydrogen-bond acceptors (Lipinski definition) is 3. The second-order valence-corrected chi connectivity index (χ2v) is 6.34.